The Hall–Kier alpha value is -1.59. The first kappa shape index (κ1) is 18.8. The third-order valence-electron chi connectivity index (χ3n) is 7.12. The van der Waals surface area contributed by atoms with Crippen molar-refractivity contribution in [3.05, 3.63) is 0 Å². The van der Waals surface area contributed by atoms with E-state index in [4.69, 9.17) is 0 Å². The minimum Gasteiger partial charge on any atom is -0.352 e. The zero-order valence-corrected chi connectivity index (χ0v) is 16.6. The normalized spacial score (nSPS) is 35.0. The highest BCUT2D eigenvalue weighted by molar-refractivity contribution is 5.92. The van der Waals surface area contributed by atoms with Crippen LogP contribution in [-0.2, 0) is 14.4 Å². The van der Waals surface area contributed by atoms with Gasteiger partial charge in [0.1, 0.15) is 6.04 Å². The van der Waals surface area contributed by atoms with Crippen LogP contribution in [-0.4, -0.2) is 36.3 Å². The van der Waals surface area contributed by atoms with E-state index < -0.39 is 6.04 Å². The third kappa shape index (κ3) is 3.99. The largest absolute Gasteiger partial charge is 0.352 e. The maximum Gasteiger partial charge on any atom is 0.243 e. The Bertz CT molecular complexity index is 591. The minimum atomic E-state index is -0.584. The van der Waals surface area contributed by atoms with Crippen LogP contribution in [0, 0.1) is 29.1 Å². The van der Waals surface area contributed by atoms with E-state index >= 15 is 0 Å². The highest BCUT2D eigenvalue weighted by Crippen LogP contribution is 2.60. The summed E-state index contributed by atoms with van der Waals surface area (Å²) in [6.07, 6.45) is 8.87. The second kappa shape index (κ2) is 7.10. The summed E-state index contributed by atoms with van der Waals surface area (Å²) in [4.78, 5) is 37.7. The fraction of sp³-hybridized carbons (Fsp3) is 0.857. The lowest BCUT2D eigenvalue weighted by atomic mass is 9.49. The summed E-state index contributed by atoms with van der Waals surface area (Å²) in [5, 5.41) is 8.64. The number of amides is 3. The van der Waals surface area contributed by atoms with E-state index in [-0.39, 0.29) is 41.6 Å². The first-order chi connectivity index (χ1) is 12.8. The average Bonchev–Trinajstić information content (AvgIpc) is 3.39. The molecule has 5 aliphatic rings. The number of rotatable bonds is 7. The van der Waals surface area contributed by atoms with Crippen LogP contribution in [0.2, 0.25) is 0 Å². The van der Waals surface area contributed by atoms with Crippen molar-refractivity contribution in [2.75, 3.05) is 6.54 Å². The molecule has 0 aromatic heterocycles. The molecule has 0 heterocycles. The van der Waals surface area contributed by atoms with Crippen molar-refractivity contribution in [1.82, 2.24) is 16.0 Å². The minimum absolute atomic E-state index is 0.0191. The topological polar surface area (TPSA) is 87.3 Å². The summed E-state index contributed by atoms with van der Waals surface area (Å²) in [5.74, 6) is 1.72. The molecule has 3 amide bonds. The van der Waals surface area contributed by atoms with Gasteiger partial charge in [-0.1, -0.05) is 13.8 Å². The maximum absolute atomic E-state index is 13.2. The molecular formula is C21H33N3O3. The van der Waals surface area contributed by atoms with Gasteiger partial charge in [0.05, 0.1) is 6.54 Å². The third-order valence-corrected chi connectivity index (χ3v) is 7.12. The molecule has 1 unspecified atom stereocenters. The van der Waals surface area contributed by atoms with Gasteiger partial charge in [-0.15, -0.1) is 0 Å². The van der Waals surface area contributed by atoms with Gasteiger partial charge in [0.25, 0.3) is 0 Å². The van der Waals surface area contributed by atoms with Gasteiger partial charge in [-0.05, 0) is 75.0 Å². The molecule has 0 saturated heterocycles. The van der Waals surface area contributed by atoms with Crippen LogP contribution in [0.25, 0.3) is 0 Å². The Morgan fingerprint density at radius 1 is 0.963 bits per heavy atom. The van der Waals surface area contributed by atoms with Crippen LogP contribution in [0.15, 0.2) is 0 Å². The van der Waals surface area contributed by atoms with Gasteiger partial charge < -0.3 is 16.0 Å². The molecule has 6 heteroatoms. The lowest BCUT2D eigenvalue weighted by Gasteiger charge is -2.55. The lowest BCUT2D eigenvalue weighted by Crippen LogP contribution is -2.58. The van der Waals surface area contributed by atoms with Crippen molar-refractivity contribution in [2.45, 2.75) is 77.3 Å². The van der Waals surface area contributed by atoms with Gasteiger partial charge in [-0.3, -0.25) is 14.4 Å². The monoisotopic (exact) mass is 375 g/mol. The Balaban J connectivity index is 1.35. The molecule has 0 aromatic carbocycles. The Morgan fingerprint density at radius 2 is 1.52 bits per heavy atom. The molecule has 0 spiro atoms. The molecule has 6 nitrogen and oxygen atoms in total. The van der Waals surface area contributed by atoms with Crippen molar-refractivity contribution >= 4 is 17.7 Å². The molecule has 0 aliphatic heterocycles. The summed E-state index contributed by atoms with van der Waals surface area (Å²) in [6.45, 7) is 3.86. The van der Waals surface area contributed by atoms with Crippen LogP contribution in [0.1, 0.15) is 65.2 Å². The van der Waals surface area contributed by atoms with Crippen molar-refractivity contribution in [3.63, 3.8) is 0 Å². The summed E-state index contributed by atoms with van der Waals surface area (Å²) >= 11 is 0. The fourth-order valence-corrected chi connectivity index (χ4v) is 6.00. The molecule has 5 fully saturated rings. The van der Waals surface area contributed by atoms with Gasteiger partial charge in [0.15, 0.2) is 0 Å². The van der Waals surface area contributed by atoms with Crippen molar-refractivity contribution < 1.29 is 14.4 Å². The molecule has 27 heavy (non-hydrogen) atoms. The molecule has 5 saturated carbocycles. The van der Waals surface area contributed by atoms with E-state index in [0.29, 0.717) is 17.8 Å². The van der Waals surface area contributed by atoms with Gasteiger partial charge in [-0.2, -0.15) is 0 Å². The van der Waals surface area contributed by atoms with Crippen molar-refractivity contribution in [1.29, 1.82) is 0 Å². The molecule has 1 atom stereocenters. The molecule has 5 aliphatic carbocycles. The van der Waals surface area contributed by atoms with Gasteiger partial charge in [-0.25, -0.2) is 0 Å². The molecular weight excluding hydrogens is 342 g/mol. The molecule has 0 aromatic rings. The molecule has 0 radical (unpaired) electrons. The summed E-state index contributed by atoms with van der Waals surface area (Å²) < 4.78 is 0. The Morgan fingerprint density at radius 3 is 2.00 bits per heavy atom. The molecule has 4 bridgehead atoms. The second-order valence-corrected chi connectivity index (χ2v) is 9.95. The Kier molecular flexibility index (Phi) is 4.93. The van der Waals surface area contributed by atoms with E-state index in [1.54, 1.807) is 0 Å². The van der Waals surface area contributed by atoms with Gasteiger partial charge in [0, 0.05) is 11.5 Å². The quantitative estimate of drug-likeness (QED) is 0.633. The van der Waals surface area contributed by atoms with Gasteiger partial charge in [0.2, 0.25) is 17.7 Å². The van der Waals surface area contributed by atoms with E-state index in [0.717, 1.165) is 32.1 Å². The predicted molar refractivity (Wildman–Crippen MR) is 102 cm³/mol. The standard InChI is InChI=1S/C21H33N3O3/c1-12(2)18(19(26)22-11-17(25)23-16-3-4-16)24-20(27)21-8-13-5-14(9-21)7-15(6-13)10-21/h12-16,18H,3-11H2,1-2H3,(H,22,26)(H,23,25)(H,24,27). The first-order valence-electron chi connectivity index (χ1n) is 10.7. The number of hydrogen-bond donors (Lipinski definition) is 3. The van der Waals surface area contributed by atoms with E-state index in [9.17, 15) is 14.4 Å². The van der Waals surface area contributed by atoms with Gasteiger partial charge >= 0.3 is 0 Å². The van der Waals surface area contributed by atoms with E-state index in [2.05, 4.69) is 16.0 Å². The summed E-state index contributed by atoms with van der Waals surface area (Å²) in [7, 11) is 0. The second-order valence-electron chi connectivity index (χ2n) is 9.95. The van der Waals surface area contributed by atoms with Crippen LogP contribution < -0.4 is 16.0 Å². The highest BCUT2D eigenvalue weighted by Gasteiger charge is 2.55. The Labute approximate surface area is 161 Å². The van der Waals surface area contributed by atoms with E-state index in [1.165, 1.54) is 19.3 Å². The molecule has 5 rings (SSSR count). The van der Waals surface area contributed by atoms with Crippen LogP contribution in [0.5, 0.6) is 0 Å². The lowest BCUT2D eigenvalue weighted by molar-refractivity contribution is -0.149. The molecule has 3 N–H and O–H groups in total. The van der Waals surface area contributed by atoms with E-state index in [1.807, 2.05) is 13.8 Å². The van der Waals surface area contributed by atoms with Crippen molar-refractivity contribution in [3.8, 4) is 0 Å². The number of hydrogen-bond acceptors (Lipinski definition) is 3. The zero-order valence-electron chi connectivity index (χ0n) is 16.6. The fourth-order valence-electron chi connectivity index (χ4n) is 6.00. The zero-order chi connectivity index (χ0) is 19.2. The number of carbonyl (C=O) groups is 3. The van der Waals surface area contributed by atoms with Crippen LogP contribution in [0.4, 0.5) is 0 Å². The molecule has 150 valence electrons. The van der Waals surface area contributed by atoms with Crippen molar-refractivity contribution in [2.24, 2.45) is 29.1 Å². The van der Waals surface area contributed by atoms with Crippen LogP contribution in [0.3, 0.4) is 0 Å². The number of nitrogens with one attached hydrogen (secondary N) is 3. The predicted octanol–water partition coefficient (Wildman–Crippen LogP) is 1.74. The highest BCUT2D eigenvalue weighted by atomic mass is 16.2. The summed E-state index contributed by atoms with van der Waals surface area (Å²) in [6, 6.07) is -0.301. The number of carbonyl (C=O) groups excluding carboxylic acids is 3. The maximum atomic E-state index is 13.2. The summed E-state index contributed by atoms with van der Waals surface area (Å²) in [5.41, 5.74) is -0.258. The average molecular weight is 376 g/mol. The smallest absolute Gasteiger partial charge is 0.243 e. The SMILES string of the molecule is CC(C)C(NC(=O)C12CC3CC(CC(C3)C1)C2)C(=O)NCC(=O)NC1CC1. The van der Waals surface area contributed by atoms with Crippen LogP contribution >= 0.6 is 0 Å². The first-order valence-corrected chi connectivity index (χ1v) is 10.7.